The molecule has 0 spiro atoms. The molecule has 0 aromatic carbocycles. The predicted octanol–water partition coefficient (Wildman–Crippen LogP) is 2.31. The lowest BCUT2D eigenvalue weighted by molar-refractivity contribution is -0.143. The van der Waals surface area contributed by atoms with Gasteiger partial charge in [-0.3, -0.25) is 9.48 Å². The highest BCUT2D eigenvalue weighted by Crippen LogP contribution is 2.30. The summed E-state index contributed by atoms with van der Waals surface area (Å²) in [6, 6.07) is 3.70. The number of pyridine rings is 1. The highest BCUT2D eigenvalue weighted by molar-refractivity contribution is 5.70. The smallest absolute Gasteiger partial charge is 0.306 e. The zero-order valence-corrected chi connectivity index (χ0v) is 14.5. The van der Waals surface area contributed by atoms with Gasteiger partial charge in [0.15, 0.2) is 0 Å². The van der Waals surface area contributed by atoms with Crippen molar-refractivity contribution >= 4 is 5.97 Å². The van der Waals surface area contributed by atoms with E-state index in [1.807, 2.05) is 19.1 Å². The van der Waals surface area contributed by atoms with E-state index >= 15 is 0 Å². The average molecular weight is 345 g/mol. The molecule has 3 rings (SSSR count). The van der Waals surface area contributed by atoms with Crippen LogP contribution in [0.3, 0.4) is 0 Å². The summed E-state index contributed by atoms with van der Waals surface area (Å²) < 4.78 is 7.65. The zero-order valence-electron chi connectivity index (χ0n) is 14.5. The molecule has 0 radical (unpaired) electrons. The maximum atomic E-state index is 11.2. The van der Waals surface area contributed by atoms with E-state index in [1.165, 1.54) is 0 Å². The number of carboxylic acid groups (broad SMARTS) is 1. The SMILES string of the molecule is Cc1nc(-c2cnn(C)c2CO)ccc1O[C@H]1CCC[C@H](C(=O)O)C1. The normalized spacial score (nSPS) is 20.4. The van der Waals surface area contributed by atoms with Crippen molar-refractivity contribution in [2.75, 3.05) is 0 Å². The average Bonchev–Trinajstić information content (AvgIpc) is 2.97. The summed E-state index contributed by atoms with van der Waals surface area (Å²) in [6.07, 6.45) is 4.58. The van der Waals surface area contributed by atoms with Gasteiger partial charge in [0.25, 0.3) is 0 Å². The van der Waals surface area contributed by atoms with E-state index in [1.54, 1.807) is 17.9 Å². The minimum absolute atomic E-state index is 0.0902. The fourth-order valence-electron chi connectivity index (χ4n) is 3.34. The molecule has 0 amide bonds. The maximum absolute atomic E-state index is 11.2. The number of hydrogen-bond acceptors (Lipinski definition) is 5. The molecule has 7 nitrogen and oxygen atoms in total. The fraction of sp³-hybridized carbons (Fsp3) is 0.500. The molecular formula is C18H23N3O4. The van der Waals surface area contributed by atoms with Crippen LogP contribution in [0.25, 0.3) is 11.3 Å². The minimum atomic E-state index is -0.744. The van der Waals surface area contributed by atoms with Gasteiger partial charge in [0.05, 0.1) is 41.9 Å². The molecule has 25 heavy (non-hydrogen) atoms. The van der Waals surface area contributed by atoms with Crippen molar-refractivity contribution in [2.24, 2.45) is 13.0 Å². The number of aromatic nitrogens is 3. The third-order valence-electron chi connectivity index (χ3n) is 4.79. The Bertz CT molecular complexity index is 772. The highest BCUT2D eigenvalue weighted by Gasteiger charge is 2.28. The molecule has 2 N–H and O–H groups in total. The standard InChI is InChI=1S/C18H23N3O4/c1-11-17(25-13-5-3-4-12(8-13)18(23)24)7-6-15(20-11)14-9-19-21(2)16(14)10-22/h6-7,9,12-13,22H,3-5,8,10H2,1-2H3,(H,23,24)/t12-,13-/m0/s1. The van der Waals surface area contributed by atoms with E-state index in [-0.39, 0.29) is 18.6 Å². The molecule has 1 aliphatic carbocycles. The topological polar surface area (TPSA) is 97.5 Å². The van der Waals surface area contributed by atoms with Crippen LogP contribution in [0.15, 0.2) is 18.3 Å². The molecule has 2 atom stereocenters. The van der Waals surface area contributed by atoms with Gasteiger partial charge in [-0.25, -0.2) is 4.98 Å². The first kappa shape index (κ1) is 17.4. The Labute approximate surface area is 146 Å². The number of aliphatic hydroxyl groups is 1. The second-order valence-electron chi connectivity index (χ2n) is 6.51. The first-order valence-corrected chi connectivity index (χ1v) is 8.48. The summed E-state index contributed by atoms with van der Waals surface area (Å²) >= 11 is 0. The Hall–Kier alpha value is -2.41. The molecule has 1 aliphatic rings. The number of aliphatic hydroxyl groups excluding tert-OH is 1. The predicted molar refractivity (Wildman–Crippen MR) is 91.1 cm³/mol. The van der Waals surface area contributed by atoms with E-state index in [0.717, 1.165) is 36.2 Å². The lowest BCUT2D eigenvalue weighted by Gasteiger charge is -2.27. The monoisotopic (exact) mass is 345 g/mol. The van der Waals surface area contributed by atoms with E-state index in [0.29, 0.717) is 17.9 Å². The van der Waals surface area contributed by atoms with Crippen LogP contribution in [0.5, 0.6) is 5.75 Å². The van der Waals surface area contributed by atoms with Crippen molar-refractivity contribution in [2.45, 2.75) is 45.3 Å². The number of carboxylic acids is 1. The van der Waals surface area contributed by atoms with Crippen molar-refractivity contribution in [3.63, 3.8) is 0 Å². The molecule has 134 valence electrons. The van der Waals surface area contributed by atoms with Gasteiger partial charge in [-0.15, -0.1) is 0 Å². The van der Waals surface area contributed by atoms with E-state index in [2.05, 4.69) is 10.1 Å². The molecular weight excluding hydrogens is 322 g/mol. The quantitative estimate of drug-likeness (QED) is 0.863. The maximum Gasteiger partial charge on any atom is 0.306 e. The molecule has 0 unspecified atom stereocenters. The van der Waals surface area contributed by atoms with Crippen molar-refractivity contribution in [3.8, 4) is 17.0 Å². The number of aryl methyl sites for hydroxylation is 2. The summed E-state index contributed by atoms with van der Waals surface area (Å²) in [5.41, 5.74) is 2.97. The van der Waals surface area contributed by atoms with Crippen LogP contribution in [-0.4, -0.2) is 37.1 Å². The third-order valence-corrected chi connectivity index (χ3v) is 4.79. The summed E-state index contributed by atoms with van der Waals surface area (Å²) in [5, 5.41) is 22.9. The Kier molecular flexibility index (Phi) is 5.03. The molecule has 7 heteroatoms. The second-order valence-corrected chi connectivity index (χ2v) is 6.51. The lowest BCUT2D eigenvalue weighted by Crippen LogP contribution is -2.29. The molecule has 2 aromatic rings. The van der Waals surface area contributed by atoms with Crippen molar-refractivity contribution in [1.82, 2.24) is 14.8 Å². The second kappa shape index (κ2) is 7.23. The van der Waals surface area contributed by atoms with Crippen LogP contribution in [0.4, 0.5) is 0 Å². The number of ether oxygens (including phenoxy) is 1. The van der Waals surface area contributed by atoms with Gasteiger partial charge >= 0.3 is 5.97 Å². The molecule has 0 bridgehead atoms. The molecule has 0 saturated heterocycles. The number of hydrogen-bond donors (Lipinski definition) is 2. The van der Waals surface area contributed by atoms with Gasteiger partial charge in [-0.1, -0.05) is 0 Å². The summed E-state index contributed by atoms with van der Waals surface area (Å²) in [4.78, 5) is 15.8. The fourth-order valence-corrected chi connectivity index (χ4v) is 3.34. The number of rotatable bonds is 5. The summed E-state index contributed by atoms with van der Waals surface area (Å²) in [7, 11) is 1.78. The Morgan fingerprint density at radius 2 is 2.20 bits per heavy atom. The molecule has 2 heterocycles. The van der Waals surface area contributed by atoms with Crippen molar-refractivity contribution in [3.05, 3.63) is 29.7 Å². The van der Waals surface area contributed by atoms with Gasteiger partial charge in [0, 0.05) is 12.6 Å². The Morgan fingerprint density at radius 3 is 2.88 bits per heavy atom. The Morgan fingerprint density at radius 1 is 1.40 bits per heavy atom. The molecule has 2 aromatic heterocycles. The first-order chi connectivity index (χ1) is 12.0. The van der Waals surface area contributed by atoms with E-state index in [4.69, 9.17) is 4.74 Å². The van der Waals surface area contributed by atoms with E-state index < -0.39 is 5.97 Å². The number of nitrogens with zero attached hydrogens (tertiary/aromatic N) is 3. The number of carbonyl (C=O) groups is 1. The largest absolute Gasteiger partial charge is 0.489 e. The van der Waals surface area contributed by atoms with Crippen molar-refractivity contribution < 1.29 is 19.7 Å². The van der Waals surface area contributed by atoms with Crippen LogP contribution in [0, 0.1) is 12.8 Å². The summed E-state index contributed by atoms with van der Waals surface area (Å²) in [5.74, 6) is -0.394. The van der Waals surface area contributed by atoms with Crippen LogP contribution >= 0.6 is 0 Å². The van der Waals surface area contributed by atoms with Crippen molar-refractivity contribution in [1.29, 1.82) is 0 Å². The van der Waals surface area contributed by atoms with Crippen LogP contribution in [0.1, 0.15) is 37.1 Å². The van der Waals surface area contributed by atoms with Crippen LogP contribution < -0.4 is 4.74 Å². The number of aliphatic carboxylic acids is 1. The first-order valence-electron chi connectivity index (χ1n) is 8.48. The van der Waals surface area contributed by atoms with Crippen LogP contribution in [-0.2, 0) is 18.4 Å². The minimum Gasteiger partial charge on any atom is -0.489 e. The lowest BCUT2D eigenvalue weighted by atomic mass is 9.87. The third kappa shape index (κ3) is 3.66. The van der Waals surface area contributed by atoms with Gasteiger partial charge in [0.2, 0.25) is 0 Å². The van der Waals surface area contributed by atoms with Gasteiger partial charge in [-0.05, 0) is 44.7 Å². The molecule has 1 saturated carbocycles. The zero-order chi connectivity index (χ0) is 18.0. The van der Waals surface area contributed by atoms with Crippen LogP contribution in [0.2, 0.25) is 0 Å². The summed E-state index contributed by atoms with van der Waals surface area (Å²) in [6.45, 7) is 1.76. The highest BCUT2D eigenvalue weighted by atomic mass is 16.5. The molecule has 0 aliphatic heterocycles. The van der Waals surface area contributed by atoms with Gasteiger partial charge < -0.3 is 14.9 Å². The molecule has 1 fully saturated rings. The Balaban J connectivity index is 1.77. The van der Waals surface area contributed by atoms with Gasteiger partial charge in [0.1, 0.15) is 5.75 Å². The van der Waals surface area contributed by atoms with E-state index in [9.17, 15) is 15.0 Å². The van der Waals surface area contributed by atoms with Gasteiger partial charge in [-0.2, -0.15) is 5.10 Å².